The Morgan fingerprint density at radius 1 is 1.11 bits per heavy atom. The minimum absolute atomic E-state index is 0.162. The van der Waals surface area contributed by atoms with Gasteiger partial charge in [-0.1, -0.05) is 23.7 Å². The Morgan fingerprint density at radius 2 is 1.78 bits per heavy atom. The number of hydrogen-bond acceptors (Lipinski definition) is 4. The van der Waals surface area contributed by atoms with Crippen molar-refractivity contribution in [1.29, 1.82) is 0 Å². The van der Waals surface area contributed by atoms with Gasteiger partial charge in [-0.25, -0.2) is 9.29 Å². The first-order valence-electron chi connectivity index (χ1n) is 8.32. The average Bonchev–Trinajstić information content (AvgIpc) is 2.87. The molecule has 2 amide bonds. The zero-order valence-corrected chi connectivity index (χ0v) is 15.6. The molecule has 27 heavy (non-hydrogen) atoms. The number of rotatable bonds is 5. The van der Waals surface area contributed by atoms with Gasteiger partial charge in [0, 0.05) is 18.6 Å². The van der Waals surface area contributed by atoms with E-state index in [9.17, 15) is 19.1 Å². The maximum Gasteiger partial charge on any atom is 0.282 e. The van der Waals surface area contributed by atoms with Crippen molar-refractivity contribution in [2.75, 3.05) is 25.1 Å². The normalized spacial score (nSPS) is 14.3. The maximum atomic E-state index is 13.3. The lowest BCUT2D eigenvalue weighted by atomic mass is 10.0. The molecule has 0 fully saturated rings. The number of amides is 2. The van der Waals surface area contributed by atoms with Crippen LogP contribution in [-0.2, 0) is 9.59 Å². The van der Waals surface area contributed by atoms with Gasteiger partial charge in [-0.3, -0.25) is 9.59 Å². The number of imide groups is 1. The van der Waals surface area contributed by atoms with Crippen molar-refractivity contribution in [3.05, 3.63) is 70.1 Å². The summed E-state index contributed by atoms with van der Waals surface area (Å²) < 4.78 is 13.3. The standard InChI is InChI=1S/C20H18ClFN2O3/c1-12-11-14(21)5-8-16(12)24-19(26)17(13-3-6-15(22)7-4-13)18(20(24)27)23(2)9-10-25/h3-8,11,25H,9-10H2,1-2H3. The summed E-state index contributed by atoms with van der Waals surface area (Å²) in [4.78, 5) is 28.9. The number of aryl methyl sites for hydroxylation is 1. The molecule has 2 aromatic rings. The molecule has 1 aliphatic rings. The van der Waals surface area contributed by atoms with E-state index in [0.717, 1.165) is 4.90 Å². The summed E-state index contributed by atoms with van der Waals surface area (Å²) in [5, 5.41) is 9.76. The molecule has 1 heterocycles. The Labute approximate surface area is 161 Å². The highest BCUT2D eigenvalue weighted by Crippen LogP contribution is 2.36. The molecule has 0 spiro atoms. The number of carbonyl (C=O) groups is 2. The molecule has 140 valence electrons. The van der Waals surface area contributed by atoms with E-state index >= 15 is 0 Å². The van der Waals surface area contributed by atoms with Crippen LogP contribution in [0, 0.1) is 12.7 Å². The van der Waals surface area contributed by atoms with Crippen LogP contribution in [-0.4, -0.2) is 42.0 Å². The van der Waals surface area contributed by atoms with Crippen molar-refractivity contribution in [2.24, 2.45) is 0 Å². The lowest BCUT2D eigenvalue weighted by Crippen LogP contribution is -2.35. The van der Waals surface area contributed by atoms with Crippen LogP contribution in [0.2, 0.25) is 5.02 Å². The first-order chi connectivity index (χ1) is 12.8. The van der Waals surface area contributed by atoms with Crippen molar-refractivity contribution in [3.63, 3.8) is 0 Å². The number of carbonyl (C=O) groups excluding carboxylic acids is 2. The second-order valence-electron chi connectivity index (χ2n) is 6.25. The molecular weight excluding hydrogens is 371 g/mol. The molecule has 0 atom stereocenters. The molecule has 0 aromatic heterocycles. The van der Waals surface area contributed by atoms with E-state index in [0.29, 0.717) is 21.8 Å². The van der Waals surface area contributed by atoms with Gasteiger partial charge in [0.2, 0.25) is 0 Å². The van der Waals surface area contributed by atoms with Gasteiger partial charge in [0.25, 0.3) is 11.8 Å². The first kappa shape index (κ1) is 19.1. The van der Waals surface area contributed by atoms with Gasteiger partial charge >= 0.3 is 0 Å². The van der Waals surface area contributed by atoms with E-state index in [1.165, 1.54) is 29.2 Å². The Bertz CT molecular complexity index is 941. The maximum absolute atomic E-state index is 13.3. The van der Waals surface area contributed by atoms with E-state index in [1.807, 2.05) is 0 Å². The fraction of sp³-hybridized carbons (Fsp3) is 0.200. The number of aliphatic hydroxyl groups excluding tert-OH is 1. The highest BCUT2D eigenvalue weighted by Gasteiger charge is 2.42. The monoisotopic (exact) mass is 388 g/mol. The number of nitrogens with zero attached hydrogens (tertiary/aromatic N) is 2. The molecule has 7 heteroatoms. The van der Waals surface area contributed by atoms with E-state index in [1.54, 1.807) is 32.2 Å². The van der Waals surface area contributed by atoms with Crippen molar-refractivity contribution in [3.8, 4) is 0 Å². The summed E-state index contributed by atoms with van der Waals surface area (Å²) in [5.74, 6) is -1.44. The van der Waals surface area contributed by atoms with Crippen LogP contribution in [0.1, 0.15) is 11.1 Å². The average molecular weight is 389 g/mol. The molecule has 5 nitrogen and oxygen atoms in total. The van der Waals surface area contributed by atoms with Gasteiger partial charge in [-0.05, 0) is 48.4 Å². The van der Waals surface area contributed by atoms with Crippen molar-refractivity contribution < 1.29 is 19.1 Å². The van der Waals surface area contributed by atoms with Crippen LogP contribution in [0.25, 0.3) is 5.57 Å². The number of hydrogen-bond donors (Lipinski definition) is 1. The summed E-state index contributed by atoms with van der Waals surface area (Å²) >= 11 is 5.99. The summed E-state index contributed by atoms with van der Waals surface area (Å²) in [6.07, 6.45) is 0. The van der Waals surface area contributed by atoms with Crippen LogP contribution in [0.5, 0.6) is 0 Å². The lowest BCUT2D eigenvalue weighted by Gasteiger charge is -2.21. The van der Waals surface area contributed by atoms with Gasteiger partial charge in [0.05, 0.1) is 17.9 Å². The Hall–Kier alpha value is -2.70. The predicted octanol–water partition coefficient (Wildman–Crippen LogP) is 3.00. The van der Waals surface area contributed by atoms with Crippen LogP contribution in [0.15, 0.2) is 48.2 Å². The minimum atomic E-state index is -0.503. The fourth-order valence-electron chi connectivity index (χ4n) is 3.10. The Morgan fingerprint density at radius 3 is 2.37 bits per heavy atom. The lowest BCUT2D eigenvalue weighted by molar-refractivity contribution is -0.120. The SMILES string of the molecule is Cc1cc(Cl)ccc1N1C(=O)C(c2ccc(F)cc2)=C(N(C)CCO)C1=O. The molecule has 1 aliphatic heterocycles. The molecule has 0 bridgehead atoms. The topological polar surface area (TPSA) is 60.9 Å². The summed E-state index contributed by atoms with van der Waals surface area (Å²) in [7, 11) is 1.62. The second kappa shape index (κ2) is 7.50. The summed E-state index contributed by atoms with van der Waals surface area (Å²) in [6, 6.07) is 10.3. The third-order valence-electron chi connectivity index (χ3n) is 4.41. The molecule has 0 saturated heterocycles. The third-order valence-corrected chi connectivity index (χ3v) is 4.64. The predicted molar refractivity (Wildman–Crippen MR) is 102 cm³/mol. The highest BCUT2D eigenvalue weighted by atomic mass is 35.5. The van der Waals surface area contributed by atoms with Crippen LogP contribution >= 0.6 is 11.6 Å². The van der Waals surface area contributed by atoms with Gasteiger partial charge in [-0.2, -0.15) is 0 Å². The van der Waals surface area contributed by atoms with Crippen molar-refractivity contribution in [1.82, 2.24) is 4.90 Å². The quantitative estimate of drug-likeness (QED) is 0.800. The zero-order chi connectivity index (χ0) is 19.7. The molecule has 0 saturated carbocycles. The number of benzene rings is 2. The number of aliphatic hydroxyl groups is 1. The van der Waals surface area contributed by atoms with Crippen molar-refractivity contribution in [2.45, 2.75) is 6.92 Å². The van der Waals surface area contributed by atoms with E-state index < -0.39 is 17.6 Å². The van der Waals surface area contributed by atoms with E-state index in [4.69, 9.17) is 11.6 Å². The van der Waals surface area contributed by atoms with Gasteiger partial charge in [0.1, 0.15) is 11.5 Å². The second-order valence-corrected chi connectivity index (χ2v) is 6.69. The van der Waals surface area contributed by atoms with Crippen LogP contribution in [0.3, 0.4) is 0 Å². The zero-order valence-electron chi connectivity index (χ0n) is 14.9. The highest BCUT2D eigenvalue weighted by molar-refractivity contribution is 6.45. The molecule has 0 unspecified atom stereocenters. The summed E-state index contributed by atoms with van der Waals surface area (Å²) in [6.45, 7) is 1.75. The fourth-order valence-corrected chi connectivity index (χ4v) is 3.33. The Balaban J connectivity index is 2.15. The number of halogens is 2. The molecule has 0 radical (unpaired) electrons. The third kappa shape index (κ3) is 3.46. The molecule has 0 aliphatic carbocycles. The molecule has 1 N–H and O–H groups in total. The molecule has 2 aromatic carbocycles. The Kier molecular flexibility index (Phi) is 5.30. The first-order valence-corrected chi connectivity index (χ1v) is 8.70. The van der Waals surface area contributed by atoms with E-state index in [-0.39, 0.29) is 24.4 Å². The minimum Gasteiger partial charge on any atom is -0.395 e. The van der Waals surface area contributed by atoms with E-state index in [2.05, 4.69) is 0 Å². The van der Waals surface area contributed by atoms with Crippen molar-refractivity contribution >= 4 is 34.7 Å². The smallest absolute Gasteiger partial charge is 0.282 e. The molecular formula is C20H18ClFN2O3. The summed E-state index contributed by atoms with van der Waals surface area (Å²) in [5.41, 5.74) is 1.87. The number of likely N-dealkylation sites (N-methyl/N-ethyl adjacent to an activating group) is 1. The number of anilines is 1. The van der Waals surface area contributed by atoms with Gasteiger partial charge in [-0.15, -0.1) is 0 Å². The van der Waals surface area contributed by atoms with Crippen LogP contribution in [0.4, 0.5) is 10.1 Å². The largest absolute Gasteiger partial charge is 0.395 e. The van der Waals surface area contributed by atoms with Gasteiger partial charge < -0.3 is 10.0 Å². The molecule has 3 rings (SSSR count). The van der Waals surface area contributed by atoms with Crippen LogP contribution < -0.4 is 4.90 Å². The van der Waals surface area contributed by atoms with Gasteiger partial charge in [0.15, 0.2) is 0 Å².